The van der Waals surface area contributed by atoms with Crippen LogP contribution in [0.25, 0.3) is 0 Å². The SMILES string of the molecule is OCC1(COc2ccnc(Cl)n2)CCC1. The van der Waals surface area contributed by atoms with Gasteiger partial charge in [-0.25, -0.2) is 4.98 Å². The van der Waals surface area contributed by atoms with Gasteiger partial charge in [-0.1, -0.05) is 6.42 Å². The zero-order valence-electron chi connectivity index (χ0n) is 8.32. The number of nitrogens with zero attached hydrogens (tertiary/aromatic N) is 2. The Morgan fingerprint density at radius 1 is 1.53 bits per heavy atom. The molecule has 1 fully saturated rings. The first-order valence-electron chi connectivity index (χ1n) is 4.96. The second-order valence-corrected chi connectivity index (χ2v) is 4.30. The van der Waals surface area contributed by atoms with E-state index in [-0.39, 0.29) is 17.3 Å². The normalized spacial score (nSPS) is 18.3. The molecule has 1 aromatic rings. The number of hydrogen-bond acceptors (Lipinski definition) is 4. The van der Waals surface area contributed by atoms with E-state index < -0.39 is 0 Å². The van der Waals surface area contributed by atoms with Gasteiger partial charge in [0, 0.05) is 17.7 Å². The summed E-state index contributed by atoms with van der Waals surface area (Å²) in [7, 11) is 0. The third-order valence-electron chi connectivity index (χ3n) is 2.88. The fraction of sp³-hybridized carbons (Fsp3) is 0.600. The van der Waals surface area contributed by atoms with Gasteiger partial charge in [0.1, 0.15) is 0 Å². The molecule has 15 heavy (non-hydrogen) atoms. The van der Waals surface area contributed by atoms with E-state index in [2.05, 4.69) is 9.97 Å². The monoisotopic (exact) mass is 228 g/mol. The number of ether oxygens (including phenoxy) is 1. The Morgan fingerprint density at radius 2 is 2.33 bits per heavy atom. The minimum absolute atomic E-state index is 0.0581. The van der Waals surface area contributed by atoms with Crippen molar-refractivity contribution in [3.8, 4) is 5.88 Å². The molecule has 4 nitrogen and oxygen atoms in total. The third kappa shape index (κ3) is 2.38. The predicted octanol–water partition coefficient (Wildman–Crippen LogP) is 1.67. The molecule has 1 aliphatic carbocycles. The predicted molar refractivity (Wildman–Crippen MR) is 55.9 cm³/mol. The summed E-state index contributed by atoms with van der Waals surface area (Å²) in [5.41, 5.74) is -0.0581. The van der Waals surface area contributed by atoms with E-state index in [1.54, 1.807) is 12.3 Å². The molecule has 1 aromatic heterocycles. The number of halogens is 1. The topological polar surface area (TPSA) is 55.2 Å². The van der Waals surface area contributed by atoms with E-state index in [1.807, 2.05) is 0 Å². The molecule has 1 N–H and O–H groups in total. The van der Waals surface area contributed by atoms with Gasteiger partial charge in [-0.3, -0.25) is 0 Å². The van der Waals surface area contributed by atoms with Crippen molar-refractivity contribution in [2.75, 3.05) is 13.2 Å². The molecule has 0 aliphatic heterocycles. The van der Waals surface area contributed by atoms with Crippen LogP contribution in [-0.2, 0) is 0 Å². The molecule has 0 aromatic carbocycles. The summed E-state index contributed by atoms with van der Waals surface area (Å²) >= 11 is 5.62. The highest BCUT2D eigenvalue weighted by atomic mass is 35.5. The number of aliphatic hydroxyl groups excluding tert-OH is 1. The van der Waals surface area contributed by atoms with Crippen LogP contribution in [0.15, 0.2) is 12.3 Å². The van der Waals surface area contributed by atoms with Crippen LogP contribution >= 0.6 is 11.6 Å². The van der Waals surface area contributed by atoms with Crippen LogP contribution in [0.5, 0.6) is 5.88 Å². The Bertz CT molecular complexity index is 336. The van der Waals surface area contributed by atoms with Crippen molar-refractivity contribution in [1.82, 2.24) is 9.97 Å². The first-order valence-corrected chi connectivity index (χ1v) is 5.34. The van der Waals surface area contributed by atoms with Crippen molar-refractivity contribution in [3.63, 3.8) is 0 Å². The van der Waals surface area contributed by atoms with Crippen LogP contribution in [0, 0.1) is 5.41 Å². The molecule has 0 saturated heterocycles. The third-order valence-corrected chi connectivity index (χ3v) is 3.06. The van der Waals surface area contributed by atoms with Crippen molar-refractivity contribution in [2.24, 2.45) is 5.41 Å². The first-order chi connectivity index (χ1) is 7.24. The lowest BCUT2D eigenvalue weighted by Gasteiger charge is -2.39. The van der Waals surface area contributed by atoms with Gasteiger partial charge < -0.3 is 9.84 Å². The molecule has 0 spiro atoms. The number of aliphatic hydroxyl groups is 1. The van der Waals surface area contributed by atoms with Gasteiger partial charge in [-0.15, -0.1) is 0 Å². The highest BCUT2D eigenvalue weighted by molar-refractivity contribution is 6.28. The first kappa shape index (κ1) is 10.6. The molecular weight excluding hydrogens is 216 g/mol. The lowest BCUT2D eigenvalue weighted by Crippen LogP contribution is -2.39. The van der Waals surface area contributed by atoms with Crippen LogP contribution in [0.4, 0.5) is 0 Å². The Balaban J connectivity index is 1.92. The van der Waals surface area contributed by atoms with Gasteiger partial charge in [0.2, 0.25) is 11.2 Å². The number of hydrogen-bond donors (Lipinski definition) is 1. The molecule has 0 amide bonds. The molecule has 2 rings (SSSR count). The summed E-state index contributed by atoms with van der Waals surface area (Å²) in [5.74, 6) is 0.467. The molecule has 0 bridgehead atoms. The van der Waals surface area contributed by atoms with E-state index >= 15 is 0 Å². The van der Waals surface area contributed by atoms with E-state index in [0.29, 0.717) is 12.5 Å². The second kappa shape index (κ2) is 4.33. The number of aromatic nitrogens is 2. The molecular formula is C10H13ClN2O2. The van der Waals surface area contributed by atoms with Crippen LogP contribution in [0.2, 0.25) is 5.28 Å². The van der Waals surface area contributed by atoms with E-state index in [1.165, 1.54) is 0 Å². The van der Waals surface area contributed by atoms with Gasteiger partial charge in [0.25, 0.3) is 0 Å². The fourth-order valence-electron chi connectivity index (χ4n) is 1.65. The standard InChI is InChI=1S/C10H13ClN2O2/c11-9-12-5-2-8(13-9)15-7-10(6-14)3-1-4-10/h2,5,14H,1,3-4,6-7H2. The molecule has 0 atom stereocenters. The van der Waals surface area contributed by atoms with Crippen molar-refractivity contribution >= 4 is 11.6 Å². The Morgan fingerprint density at radius 3 is 2.87 bits per heavy atom. The summed E-state index contributed by atoms with van der Waals surface area (Å²) in [6, 6.07) is 1.66. The average molecular weight is 229 g/mol. The van der Waals surface area contributed by atoms with Crippen LogP contribution in [-0.4, -0.2) is 28.3 Å². The summed E-state index contributed by atoms with van der Waals surface area (Å²) in [6.07, 6.45) is 4.75. The molecule has 1 saturated carbocycles. The maximum Gasteiger partial charge on any atom is 0.225 e. The fourth-order valence-corrected chi connectivity index (χ4v) is 1.79. The van der Waals surface area contributed by atoms with Gasteiger partial charge in [-0.05, 0) is 24.4 Å². The quantitative estimate of drug-likeness (QED) is 0.797. The molecule has 0 radical (unpaired) electrons. The van der Waals surface area contributed by atoms with Crippen molar-refractivity contribution in [3.05, 3.63) is 17.5 Å². The van der Waals surface area contributed by atoms with Gasteiger partial charge in [-0.2, -0.15) is 4.98 Å². The van der Waals surface area contributed by atoms with Crippen LogP contribution < -0.4 is 4.74 Å². The lowest BCUT2D eigenvalue weighted by atomic mass is 9.70. The van der Waals surface area contributed by atoms with Crippen LogP contribution in [0.3, 0.4) is 0 Å². The smallest absolute Gasteiger partial charge is 0.225 e. The summed E-state index contributed by atoms with van der Waals surface area (Å²) in [6.45, 7) is 0.669. The summed E-state index contributed by atoms with van der Waals surface area (Å²) in [5, 5.41) is 9.41. The van der Waals surface area contributed by atoms with Gasteiger partial charge in [0.05, 0.1) is 13.2 Å². The summed E-state index contributed by atoms with van der Waals surface area (Å²) < 4.78 is 5.49. The molecule has 5 heteroatoms. The number of rotatable bonds is 4. The largest absolute Gasteiger partial charge is 0.477 e. The summed E-state index contributed by atoms with van der Waals surface area (Å²) in [4.78, 5) is 7.68. The van der Waals surface area contributed by atoms with Gasteiger partial charge in [0.15, 0.2) is 0 Å². The van der Waals surface area contributed by atoms with E-state index in [9.17, 15) is 5.11 Å². The maximum atomic E-state index is 9.23. The highest BCUT2D eigenvalue weighted by Gasteiger charge is 2.37. The maximum absolute atomic E-state index is 9.23. The lowest BCUT2D eigenvalue weighted by molar-refractivity contribution is -0.00130. The highest BCUT2D eigenvalue weighted by Crippen LogP contribution is 2.40. The second-order valence-electron chi connectivity index (χ2n) is 3.96. The Hall–Kier alpha value is -0.870. The zero-order valence-corrected chi connectivity index (χ0v) is 9.07. The molecule has 1 aliphatic rings. The van der Waals surface area contributed by atoms with Gasteiger partial charge >= 0.3 is 0 Å². The molecule has 82 valence electrons. The van der Waals surface area contributed by atoms with Crippen molar-refractivity contribution < 1.29 is 9.84 Å². The average Bonchev–Trinajstić information content (AvgIpc) is 2.17. The minimum atomic E-state index is -0.0581. The van der Waals surface area contributed by atoms with Crippen molar-refractivity contribution in [1.29, 1.82) is 0 Å². The zero-order chi connectivity index (χ0) is 10.7. The van der Waals surface area contributed by atoms with Crippen LogP contribution in [0.1, 0.15) is 19.3 Å². The Labute approximate surface area is 93.3 Å². The molecule has 0 unspecified atom stereocenters. The van der Waals surface area contributed by atoms with E-state index in [0.717, 1.165) is 19.3 Å². The van der Waals surface area contributed by atoms with E-state index in [4.69, 9.17) is 16.3 Å². The van der Waals surface area contributed by atoms with Crippen molar-refractivity contribution in [2.45, 2.75) is 19.3 Å². The Kier molecular flexibility index (Phi) is 3.07. The molecule has 1 heterocycles. The minimum Gasteiger partial charge on any atom is -0.477 e.